The molecule has 1 atom stereocenters. The molecule has 114 valence electrons. The van der Waals surface area contributed by atoms with Gasteiger partial charge in [-0.25, -0.2) is 14.2 Å². The molecule has 1 aromatic heterocycles. The standard InChI is InChI=1S/C15H14FN3O3/c1-9-5-3-4-6-11(9)18-14-12(16)13-10(7-17-22-13)8-19(14)15(20)21-2/h3-7,12H,8H2,1-2H3. The number of amides is 1. The van der Waals surface area contributed by atoms with Gasteiger partial charge in [-0.1, -0.05) is 23.4 Å². The van der Waals surface area contributed by atoms with Gasteiger partial charge in [0.25, 0.3) is 0 Å². The summed E-state index contributed by atoms with van der Waals surface area (Å²) in [5.41, 5.74) is 1.95. The fourth-order valence-electron chi connectivity index (χ4n) is 2.30. The van der Waals surface area contributed by atoms with Gasteiger partial charge in [-0.2, -0.15) is 0 Å². The summed E-state index contributed by atoms with van der Waals surface area (Å²) in [6, 6.07) is 7.27. The van der Waals surface area contributed by atoms with Gasteiger partial charge in [-0.05, 0) is 18.6 Å². The lowest BCUT2D eigenvalue weighted by Gasteiger charge is -2.28. The lowest BCUT2D eigenvalue weighted by Crippen LogP contribution is -2.41. The molecular formula is C15H14FN3O3. The van der Waals surface area contributed by atoms with E-state index in [1.54, 1.807) is 12.1 Å². The predicted octanol–water partition coefficient (Wildman–Crippen LogP) is 3.31. The van der Waals surface area contributed by atoms with E-state index in [4.69, 9.17) is 9.26 Å². The number of hydrogen-bond donors (Lipinski definition) is 0. The number of rotatable bonds is 1. The van der Waals surface area contributed by atoms with Gasteiger partial charge >= 0.3 is 6.09 Å². The number of halogens is 1. The second-order valence-electron chi connectivity index (χ2n) is 4.89. The smallest absolute Gasteiger partial charge is 0.415 e. The minimum atomic E-state index is -1.68. The van der Waals surface area contributed by atoms with Gasteiger partial charge in [0.1, 0.15) is 0 Å². The van der Waals surface area contributed by atoms with Crippen molar-refractivity contribution in [2.45, 2.75) is 19.6 Å². The number of nitrogens with zero attached hydrogens (tertiary/aromatic N) is 3. The third kappa shape index (κ3) is 2.34. The number of carbonyl (C=O) groups excluding carboxylic acids is 1. The second kappa shape index (κ2) is 5.59. The third-order valence-corrected chi connectivity index (χ3v) is 3.48. The molecule has 1 aromatic carbocycles. The molecule has 0 fully saturated rings. The van der Waals surface area contributed by atoms with Crippen LogP contribution < -0.4 is 0 Å². The largest absolute Gasteiger partial charge is 0.452 e. The number of para-hydroxylation sites is 1. The number of fused-ring (bicyclic) bond motifs is 1. The highest BCUT2D eigenvalue weighted by Crippen LogP contribution is 2.33. The zero-order valence-electron chi connectivity index (χ0n) is 12.1. The van der Waals surface area contributed by atoms with E-state index < -0.39 is 12.3 Å². The number of aryl methyl sites for hydroxylation is 1. The van der Waals surface area contributed by atoms with E-state index in [-0.39, 0.29) is 18.1 Å². The topological polar surface area (TPSA) is 67.9 Å². The molecule has 6 nitrogen and oxygen atoms in total. The minimum Gasteiger partial charge on any atom is -0.452 e. The Hall–Kier alpha value is -2.70. The highest BCUT2D eigenvalue weighted by atomic mass is 19.1. The number of benzene rings is 1. The maximum atomic E-state index is 14.7. The van der Waals surface area contributed by atoms with Crippen molar-refractivity contribution in [2.75, 3.05) is 7.11 Å². The van der Waals surface area contributed by atoms with Gasteiger partial charge < -0.3 is 9.26 Å². The van der Waals surface area contributed by atoms with E-state index in [1.165, 1.54) is 13.3 Å². The van der Waals surface area contributed by atoms with Crippen LogP contribution in [0.25, 0.3) is 0 Å². The minimum absolute atomic E-state index is 0.0644. The highest BCUT2D eigenvalue weighted by molar-refractivity contribution is 6.00. The van der Waals surface area contributed by atoms with Crippen LogP contribution in [0.5, 0.6) is 0 Å². The van der Waals surface area contributed by atoms with Gasteiger partial charge in [0.15, 0.2) is 11.6 Å². The molecule has 0 bridgehead atoms. The summed E-state index contributed by atoms with van der Waals surface area (Å²) in [4.78, 5) is 17.4. The first-order valence-electron chi connectivity index (χ1n) is 6.69. The van der Waals surface area contributed by atoms with Crippen molar-refractivity contribution in [3.63, 3.8) is 0 Å². The predicted molar refractivity (Wildman–Crippen MR) is 76.6 cm³/mol. The summed E-state index contributed by atoms with van der Waals surface area (Å²) in [6.45, 7) is 1.97. The van der Waals surface area contributed by atoms with Crippen LogP contribution in [0.2, 0.25) is 0 Å². The summed E-state index contributed by atoms with van der Waals surface area (Å²) in [7, 11) is 1.24. The van der Waals surface area contributed by atoms with Crippen LogP contribution in [0.15, 0.2) is 40.0 Å². The van der Waals surface area contributed by atoms with E-state index in [0.717, 1.165) is 10.5 Å². The molecule has 0 spiro atoms. The lowest BCUT2D eigenvalue weighted by molar-refractivity contribution is 0.137. The van der Waals surface area contributed by atoms with Crippen molar-refractivity contribution in [1.29, 1.82) is 0 Å². The average Bonchev–Trinajstić information content (AvgIpc) is 2.99. The Bertz CT molecular complexity index is 741. The Morgan fingerprint density at radius 2 is 2.27 bits per heavy atom. The number of aliphatic imine (C=N–C) groups is 1. The Morgan fingerprint density at radius 1 is 1.50 bits per heavy atom. The zero-order chi connectivity index (χ0) is 15.7. The van der Waals surface area contributed by atoms with E-state index in [2.05, 4.69) is 10.1 Å². The van der Waals surface area contributed by atoms with E-state index in [9.17, 15) is 9.18 Å². The second-order valence-corrected chi connectivity index (χ2v) is 4.89. The molecule has 0 saturated heterocycles. The normalized spacial score (nSPS) is 19.1. The van der Waals surface area contributed by atoms with Crippen LogP contribution in [0, 0.1) is 6.92 Å². The summed E-state index contributed by atoms with van der Waals surface area (Å²) in [5.74, 6) is 0.0119. The first-order valence-corrected chi connectivity index (χ1v) is 6.69. The van der Waals surface area contributed by atoms with Gasteiger partial charge in [0, 0.05) is 5.56 Å². The first kappa shape index (κ1) is 14.2. The maximum absolute atomic E-state index is 14.7. The van der Waals surface area contributed by atoms with Gasteiger partial charge in [0.2, 0.25) is 6.17 Å². The van der Waals surface area contributed by atoms with E-state index in [0.29, 0.717) is 11.3 Å². The van der Waals surface area contributed by atoms with Crippen LogP contribution in [-0.4, -0.2) is 29.1 Å². The molecule has 3 rings (SSSR count). The fourth-order valence-corrected chi connectivity index (χ4v) is 2.30. The Morgan fingerprint density at radius 3 is 3.00 bits per heavy atom. The summed E-state index contributed by atoms with van der Waals surface area (Å²) in [6.07, 6.45) is -0.964. The third-order valence-electron chi connectivity index (χ3n) is 3.48. The molecule has 1 unspecified atom stereocenters. The summed E-state index contributed by atoms with van der Waals surface area (Å²) >= 11 is 0. The van der Waals surface area contributed by atoms with Gasteiger partial charge in [0.05, 0.1) is 25.5 Å². The SMILES string of the molecule is COC(=O)N1Cc2cnoc2C(F)C1=Nc1ccccc1C. The number of aromatic nitrogens is 1. The Balaban J connectivity index is 2.09. The van der Waals surface area contributed by atoms with Crippen molar-refractivity contribution in [3.8, 4) is 0 Å². The van der Waals surface area contributed by atoms with Crippen molar-refractivity contribution < 1.29 is 18.4 Å². The molecule has 0 saturated carbocycles. The molecule has 22 heavy (non-hydrogen) atoms. The summed E-state index contributed by atoms with van der Waals surface area (Å²) < 4.78 is 24.4. The van der Waals surface area contributed by atoms with Crippen LogP contribution in [0.4, 0.5) is 14.9 Å². The van der Waals surface area contributed by atoms with Gasteiger partial charge in [-0.3, -0.25) is 4.90 Å². The van der Waals surface area contributed by atoms with E-state index in [1.807, 2.05) is 19.1 Å². The first-order chi connectivity index (χ1) is 10.6. The molecule has 1 aliphatic rings. The van der Waals surface area contributed by atoms with Crippen LogP contribution >= 0.6 is 0 Å². The molecule has 1 amide bonds. The van der Waals surface area contributed by atoms with Crippen molar-refractivity contribution in [2.24, 2.45) is 4.99 Å². The Kier molecular flexibility index (Phi) is 3.62. The van der Waals surface area contributed by atoms with Crippen molar-refractivity contribution in [3.05, 3.63) is 47.3 Å². The number of ether oxygens (including phenoxy) is 1. The number of methoxy groups -OCH3 is 1. The zero-order valence-corrected chi connectivity index (χ0v) is 12.1. The number of hydrogen-bond acceptors (Lipinski definition) is 5. The quantitative estimate of drug-likeness (QED) is 0.810. The van der Waals surface area contributed by atoms with Crippen molar-refractivity contribution in [1.82, 2.24) is 10.1 Å². The molecule has 0 aliphatic carbocycles. The molecule has 2 heterocycles. The molecule has 1 aliphatic heterocycles. The fraction of sp³-hybridized carbons (Fsp3) is 0.267. The molecule has 7 heteroatoms. The highest BCUT2D eigenvalue weighted by Gasteiger charge is 2.38. The molecule has 2 aromatic rings. The number of carbonyl (C=O) groups is 1. The maximum Gasteiger partial charge on any atom is 0.415 e. The van der Waals surface area contributed by atoms with Gasteiger partial charge in [-0.15, -0.1) is 0 Å². The average molecular weight is 303 g/mol. The van der Waals surface area contributed by atoms with Crippen LogP contribution in [0.3, 0.4) is 0 Å². The number of amidine groups is 1. The van der Waals surface area contributed by atoms with Crippen LogP contribution in [-0.2, 0) is 11.3 Å². The molecular weight excluding hydrogens is 289 g/mol. The Labute approximate surface area is 126 Å². The monoisotopic (exact) mass is 303 g/mol. The number of alkyl halides is 1. The molecule has 0 N–H and O–H groups in total. The molecule has 0 radical (unpaired) electrons. The van der Waals surface area contributed by atoms with Crippen molar-refractivity contribution >= 4 is 17.6 Å². The summed E-state index contributed by atoms with van der Waals surface area (Å²) in [5, 5.41) is 3.58. The van der Waals surface area contributed by atoms with E-state index >= 15 is 0 Å². The lowest BCUT2D eigenvalue weighted by atomic mass is 10.1. The van der Waals surface area contributed by atoms with Crippen LogP contribution in [0.1, 0.15) is 23.1 Å².